The highest BCUT2D eigenvalue weighted by Gasteiger charge is 2.19. The van der Waals surface area contributed by atoms with Crippen molar-refractivity contribution in [3.8, 4) is 28.4 Å². The zero-order valence-electron chi connectivity index (χ0n) is 17.8. The molecular formula is C25H26O6. The molecule has 0 spiro atoms. The molecule has 162 valence electrons. The topological polar surface area (TPSA) is 111 Å². The molecule has 0 aliphatic carbocycles. The molecule has 0 amide bonds. The normalized spacial score (nSPS) is 12.0. The first-order valence-electron chi connectivity index (χ1n) is 9.88. The first-order valence-corrected chi connectivity index (χ1v) is 9.88. The maximum Gasteiger partial charge on any atom is 0.204 e. The van der Waals surface area contributed by atoms with Gasteiger partial charge in [0.2, 0.25) is 5.43 Å². The fourth-order valence-corrected chi connectivity index (χ4v) is 3.30. The van der Waals surface area contributed by atoms with E-state index in [4.69, 9.17) is 4.42 Å². The Morgan fingerprint density at radius 1 is 1.13 bits per heavy atom. The quantitative estimate of drug-likeness (QED) is 0.433. The Morgan fingerprint density at radius 2 is 1.84 bits per heavy atom. The summed E-state index contributed by atoms with van der Waals surface area (Å²) in [6, 6.07) is 5.92. The second-order valence-electron chi connectivity index (χ2n) is 7.97. The number of aromatic hydroxyl groups is 3. The number of aliphatic hydroxyl groups is 1. The Balaban J connectivity index is 2.16. The molecular weight excluding hydrogens is 396 g/mol. The van der Waals surface area contributed by atoms with Gasteiger partial charge in [-0.3, -0.25) is 4.79 Å². The number of allylic oxidation sites excluding steroid dienone is 2. The molecule has 1 atom stereocenters. The molecule has 0 fully saturated rings. The summed E-state index contributed by atoms with van der Waals surface area (Å²) in [6.07, 6.45) is 2.66. The SMILES string of the molecule is C=C(C)[C@@H](O)Cc1cc(-c2coc3cc(O)c(CC=C(C)C)c(O)c3c2=O)ccc1O. The van der Waals surface area contributed by atoms with E-state index in [-0.39, 0.29) is 52.2 Å². The van der Waals surface area contributed by atoms with Crippen molar-refractivity contribution in [2.24, 2.45) is 0 Å². The summed E-state index contributed by atoms with van der Waals surface area (Å²) in [7, 11) is 0. The van der Waals surface area contributed by atoms with Crippen molar-refractivity contribution in [2.75, 3.05) is 0 Å². The van der Waals surface area contributed by atoms with Crippen LogP contribution < -0.4 is 5.43 Å². The molecule has 6 heteroatoms. The number of aliphatic hydroxyl groups excluding tert-OH is 1. The molecule has 0 radical (unpaired) electrons. The van der Waals surface area contributed by atoms with Gasteiger partial charge in [-0.15, -0.1) is 0 Å². The molecule has 4 N–H and O–H groups in total. The molecule has 0 aliphatic heterocycles. The van der Waals surface area contributed by atoms with Crippen molar-refractivity contribution >= 4 is 11.0 Å². The van der Waals surface area contributed by atoms with Crippen LogP contribution in [0.3, 0.4) is 0 Å². The van der Waals surface area contributed by atoms with Crippen molar-refractivity contribution in [2.45, 2.75) is 39.7 Å². The summed E-state index contributed by atoms with van der Waals surface area (Å²) in [5, 5.41) is 41.2. The van der Waals surface area contributed by atoms with Gasteiger partial charge in [0.1, 0.15) is 34.5 Å². The predicted molar refractivity (Wildman–Crippen MR) is 121 cm³/mol. The van der Waals surface area contributed by atoms with Gasteiger partial charge in [-0.25, -0.2) is 0 Å². The molecule has 0 saturated heterocycles. The molecule has 31 heavy (non-hydrogen) atoms. The largest absolute Gasteiger partial charge is 0.508 e. The van der Waals surface area contributed by atoms with E-state index in [9.17, 15) is 25.2 Å². The first kappa shape index (κ1) is 22.2. The number of fused-ring (bicyclic) bond motifs is 1. The molecule has 0 saturated carbocycles. The Bertz CT molecular complexity index is 1250. The van der Waals surface area contributed by atoms with Crippen LogP contribution in [-0.4, -0.2) is 26.5 Å². The van der Waals surface area contributed by atoms with Gasteiger partial charge in [-0.05, 0) is 50.5 Å². The van der Waals surface area contributed by atoms with Crippen LogP contribution in [0.4, 0.5) is 0 Å². The van der Waals surface area contributed by atoms with Gasteiger partial charge in [0.15, 0.2) is 0 Å². The zero-order valence-corrected chi connectivity index (χ0v) is 17.8. The number of phenols is 3. The van der Waals surface area contributed by atoms with Gasteiger partial charge in [-0.1, -0.05) is 29.9 Å². The summed E-state index contributed by atoms with van der Waals surface area (Å²) >= 11 is 0. The molecule has 0 aliphatic rings. The fourth-order valence-electron chi connectivity index (χ4n) is 3.30. The van der Waals surface area contributed by atoms with Crippen LogP contribution in [0.2, 0.25) is 0 Å². The molecule has 1 heterocycles. The number of phenolic OH excluding ortho intramolecular Hbond substituents is 3. The smallest absolute Gasteiger partial charge is 0.204 e. The van der Waals surface area contributed by atoms with Gasteiger partial charge in [-0.2, -0.15) is 0 Å². The molecule has 1 aromatic heterocycles. The predicted octanol–water partition coefficient (Wildman–Crippen LogP) is 4.57. The van der Waals surface area contributed by atoms with Crippen LogP contribution in [0.25, 0.3) is 22.1 Å². The van der Waals surface area contributed by atoms with E-state index < -0.39 is 11.5 Å². The van der Waals surface area contributed by atoms with Crippen LogP contribution in [0, 0.1) is 0 Å². The minimum atomic E-state index is -0.834. The van der Waals surface area contributed by atoms with Gasteiger partial charge in [0.05, 0.1) is 11.7 Å². The highest BCUT2D eigenvalue weighted by atomic mass is 16.3. The molecule has 3 rings (SSSR count). The van der Waals surface area contributed by atoms with Crippen LogP contribution in [0.15, 0.2) is 63.5 Å². The summed E-state index contributed by atoms with van der Waals surface area (Å²) in [5.74, 6) is -0.482. The first-order chi connectivity index (χ1) is 14.6. The van der Waals surface area contributed by atoms with Crippen molar-refractivity contribution in [1.29, 1.82) is 0 Å². The standard InChI is InChI=1S/C25H26O6/c1-13(2)5-7-17-21(28)11-22-23(24(17)29)25(30)18(12-31-22)15-6-8-19(26)16(9-15)10-20(27)14(3)4/h5-6,8-9,11-12,20,26-29H,3,7,10H2,1-2,4H3/t20-/m0/s1. The van der Waals surface area contributed by atoms with E-state index in [1.165, 1.54) is 18.4 Å². The number of benzene rings is 2. The maximum absolute atomic E-state index is 13.2. The third kappa shape index (κ3) is 4.49. The highest BCUT2D eigenvalue weighted by molar-refractivity contribution is 5.89. The van der Waals surface area contributed by atoms with Crippen LogP contribution in [0.5, 0.6) is 17.2 Å². The summed E-state index contributed by atoms with van der Waals surface area (Å²) in [5.41, 5.74) is 2.52. The average molecular weight is 422 g/mol. The maximum atomic E-state index is 13.2. The van der Waals surface area contributed by atoms with E-state index in [1.807, 2.05) is 19.9 Å². The van der Waals surface area contributed by atoms with E-state index in [2.05, 4.69) is 6.58 Å². The van der Waals surface area contributed by atoms with Crippen LogP contribution in [0.1, 0.15) is 31.9 Å². The summed E-state index contributed by atoms with van der Waals surface area (Å²) in [6.45, 7) is 9.20. The van der Waals surface area contributed by atoms with Crippen molar-refractivity contribution < 1.29 is 24.8 Å². The number of hydrogen-bond acceptors (Lipinski definition) is 6. The molecule has 3 aromatic rings. The second kappa shape index (κ2) is 8.70. The summed E-state index contributed by atoms with van der Waals surface area (Å²) < 4.78 is 5.55. The van der Waals surface area contributed by atoms with E-state index in [0.29, 0.717) is 16.7 Å². The van der Waals surface area contributed by atoms with E-state index >= 15 is 0 Å². The fraction of sp³-hybridized carbons (Fsp3) is 0.240. The van der Waals surface area contributed by atoms with Crippen LogP contribution in [-0.2, 0) is 12.8 Å². The van der Waals surface area contributed by atoms with Crippen molar-refractivity contribution in [1.82, 2.24) is 0 Å². The van der Waals surface area contributed by atoms with Crippen molar-refractivity contribution in [3.63, 3.8) is 0 Å². The molecule has 0 unspecified atom stereocenters. The highest BCUT2D eigenvalue weighted by Crippen LogP contribution is 2.36. The van der Waals surface area contributed by atoms with Gasteiger partial charge in [0.25, 0.3) is 0 Å². The van der Waals surface area contributed by atoms with Gasteiger partial charge >= 0.3 is 0 Å². The van der Waals surface area contributed by atoms with Crippen molar-refractivity contribution in [3.05, 3.63) is 75.7 Å². The number of hydrogen-bond donors (Lipinski definition) is 4. The minimum Gasteiger partial charge on any atom is -0.508 e. The number of rotatable bonds is 6. The Labute approximate surface area is 180 Å². The lowest BCUT2D eigenvalue weighted by Crippen LogP contribution is -2.11. The second-order valence-corrected chi connectivity index (χ2v) is 7.97. The zero-order chi connectivity index (χ0) is 22.9. The average Bonchev–Trinajstić information content (AvgIpc) is 2.69. The monoisotopic (exact) mass is 422 g/mol. The van der Waals surface area contributed by atoms with Crippen LogP contribution >= 0.6 is 0 Å². The molecule has 0 bridgehead atoms. The lowest BCUT2D eigenvalue weighted by atomic mass is 9.97. The lowest BCUT2D eigenvalue weighted by Gasteiger charge is -2.13. The Kier molecular flexibility index (Phi) is 6.22. The molecule has 6 nitrogen and oxygen atoms in total. The third-order valence-electron chi connectivity index (χ3n) is 5.21. The molecule has 2 aromatic carbocycles. The van der Waals surface area contributed by atoms with Gasteiger partial charge in [0, 0.05) is 18.1 Å². The Morgan fingerprint density at radius 3 is 2.48 bits per heavy atom. The Hall–Kier alpha value is -3.51. The lowest BCUT2D eigenvalue weighted by molar-refractivity contribution is 0.210. The third-order valence-corrected chi connectivity index (χ3v) is 5.21. The van der Waals surface area contributed by atoms with E-state index in [0.717, 1.165) is 5.57 Å². The summed E-state index contributed by atoms with van der Waals surface area (Å²) in [4.78, 5) is 13.2. The van der Waals surface area contributed by atoms with Gasteiger partial charge < -0.3 is 24.8 Å². The minimum absolute atomic E-state index is 0.00833. The van der Waals surface area contributed by atoms with E-state index in [1.54, 1.807) is 19.1 Å².